The number of nitrogens with one attached hydrogen (secondary N) is 2. The van der Waals surface area contributed by atoms with E-state index in [0.717, 1.165) is 21.4 Å². The van der Waals surface area contributed by atoms with E-state index in [0.29, 0.717) is 30.0 Å². The van der Waals surface area contributed by atoms with Gasteiger partial charge in [0.1, 0.15) is 15.7 Å². The Labute approximate surface area is 178 Å². The summed E-state index contributed by atoms with van der Waals surface area (Å²) in [6.45, 7) is 5.37. The lowest BCUT2D eigenvalue weighted by molar-refractivity contribution is 0.778. The van der Waals surface area contributed by atoms with Crippen molar-refractivity contribution in [2.45, 2.75) is 32.9 Å². The minimum atomic E-state index is 0. The van der Waals surface area contributed by atoms with E-state index in [-0.39, 0.29) is 24.0 Å². The number of aliphatic imine (C=N–C) groups is 1. The van der Waals surface area contributed by atoms with Crippen molar-refractivity contribution >= 4 is 58.5 Å². The van der Waals surface area contributed by atoms with E-state index in [9.17, 15) is 0 Å². The molecule has 0 fully saturated rings. The molecule has 0 spiro atoms. The van der Waals surface area contributed by atoms with Gasteiger partial charge in [-0.2, -0.15) is 0 Å². The van der Waals surface area contributed by atoms with Gasteiger partial charge in [0.25, 0.3) is 0 Å². The zero-order valence-corrected chi connectivity index (χ0v) is 18.6. The van der Waals surface area contributed by atoms with Crippen LogP contribution in [0.5, 0.6) is 0 Å². The van der Waals surface area contributed by atoms with E-state index < -0.39 is 0 Å². The second kappa shape index (κ2) is 9.47. The SMILES string of the molecule is CN=C(NCc1cn2cc(Cl)ccc2n1)NCc1nnc(C(C)C)s1.I. The summed E-state index contributed by atoms with van der Waals surface area (Å²) in [5, 5.41) is 17.5. The zero-order valence-electron chi connectivity index (χ0n) is 14.7. The van der Waals surface area contributed by atoms with Crippen LogP contribution < -0.4 is 10.6 Å². The molecule has 3 heterocycles. The molecule has 3 rings (SSSR count). The first-order chi connectivity index (χ1) is 12.0. The number of fused-ring (bicyclic) bond motifs is 1. The van der Waals surface area contributed by atoms with E-state index in [4.69, 9.17) is 11.6 Å². The van der Waals surface area contributed by atoms with Crippen molar-refractivity contribution < 1.29 is 0 Å². The quantitative estimate of drug-likeness (QED) is 0.315. The Balaban J connectivity index is 0.00000243. The molecule has 140 valence electrons. The number of hydrogen-bond donors (Lipinski definition) is 2. The van der Waals surface area contributed by atoms with Gasteiger partial charge in [-0.1, -0.05) is 36.8 Å². The summed E-state index contributed by atoms with van der Waals surface area (Å²) in [5.41, 5.74) is 1.77. The predicted molar refractivity (Wildman–Crippen MR) is 117 cm³/mol. The number of hydrogen-bond acceptors (Lipinski definition) is 5. The van der Waals surface area contributed by atoms with Crippen molar-refractivity contribution in [3.63, 3.8) is 0 Å². The van der Waals surface area contributed by atoms with Gasteiger partial charge in [-0.15, -0.1) is 34.2 Å². The lowest BCUT2D eigenvalue weighted by Gasteiger charge is -2.09. The maximum absolute atomic E-state index is 6.00. The summed E-state index contributed by atoms with van der Waals surface area (Å²) in [6, 6.07) is 3.72. The van der Waals surface area contributed by atoms with E-state index in [1.807, 2.05) is 28.9 Å². The Kier molecular flexibility index (Phi) is 7.59. The number of imidazole rings is 1. The Morgan fingerprint density at radius 2 is 2.00 bits per heavy atom. The van der Waals surface area contributed by atoms with Crippen LogP contribution in [-0.2, 0) is 13.1 Å². The van der Waals surface area contributed by atoms with Crippen LogP contribution in [0, 0.1) is 0 Å². The molecular weight excluding hydrogens is 485 g/mol. The lowest BCUT2D eigenvalue weighted by atomic mass is 10.2. The summed E-state index contributed by atoms with van der Waals surface area (Å²) in [7, 11) is 1.73. The molecule has 0 saturated heterocycles. The van der Waals surface area contributed by atoms with Crippen LogP contribution in [0.2, 0.25) is 5.02 Å². The fourth-order valence-electron chi connectivity index (χ4n) is 2.23. The Morgan fingerprint density at radius 1 is 1.23 bits per heavy atom. The molecule has 3 aromatic heterocycles. The van der Waals surface area contributed by atoms with Gasteiger partial charge in [0.2, 0.25) is 0 Å². The number of rotatable bonds is 5. The molecule has 7 nitrogen and oxygen atoms in total. The molecule has 0 aliphatic rings. The molecule has 0 amide bonds. The fourth-order valence-corrected chi connectivity index (χ4v) is 3.18. The van der Waals surface area contributed by atoms with Crippen molar-refractivity contribution in [2.75, 3.05) is 7.05 Å². The van der Waals surface area contributed by atoms with E-state index in [2.05, 4.69) is 44.7 Å². The first-order valence-corrected chi connectivity index (χ1v) is 9.14. The maximum atomic E-state index is 6.00. The third kappa shape index (κ3) is 5.27. The number of guanidine groups is 1. The van der Waals surface area contributed by atoms with Crippen LogP contribution in [0.1, 0.15) is 35.5 Å². The number of halogens is 2. The maximum Gasteiger partial charge on any atom is 0.191 e. The predicted octanol–water partition coefficient (Wildman–Crippen LogP) is 3.45. The molecule has 0 unspecified atom stereocenters. The van der Waals surface area contributed by atoms with Gasteiger partial charge >= 0.3 is 0 Å². The lowest BCUT2D eigenvalue weighted by Crippen LogP contribution is -2.36. The molecule has 0 aromatic carbocycles. The number of aromatic nitrogens is 4. The van der Waals surface area contributed by atoms with Gasteiger partial charge in [0.15, 0.2) is 5.96 Å². The highest BCUT2D eigenvalue weighted by Crippen LogP contribution is 2.18. The van der Waals surface area contributed by atoms with Crippen molar-refractivity contribution in [2.24, 2.45) is 4.99 Å². The van der Waals surface area contributed by atoms with Crippen LogP contribution in [0.3, 0.4) is 0 Å². The van der Waals surface area contributed by atoms with Gasteiger partial charge in [-0.05, 0) is 12.1 Å². The molecule has 0 bridgehead atoms. The molecule has 26 heavy (non-hydrogen) atoms. The molecule has 0 aliphatic heterocycles. The Morgan fingerprint density at radius 3 is 2.69 bits per heavy atom. The van der Waals surface area contributed by atoms with Crippen LogP contribution >= 0.6 is 46.9 Å². The molecule has 3 aromatic rings. The molecular formula is C16H21ClIN7S. The molecule has 0 atom stereocenters. The molecule has 10 heteroatoms. The first-order valence-electron chi connectivity index (χ1n) is 7.95. The summed E-state index contributed by atoms with van der Waals surface area (Å²) in [5.74, 6) is 1.09. The van der Waals surface area contributed by atoms with Crippen molar-refractivity contribution in [3.05, 3.63) is 45.3 Å². The van der Waals surface area contributed by atoms with E-state index in [1.54, 1.807) is 18.4 Å². The standard InChI is InChI=1S/C16H20ClN7S.HI/c1-10(2)15-23-22-14(25-15)7-20-16(18-3)19-6-12-9-24-8-11(17)4-5-13(24)21-12;/h4-5,8-10H,6-7H2,1-3H3,(H2,18,19,20);1H. The van der Waals surface area contributed by atoms with Crippen LogP contribution in [-0.4, -0.2) is 32.6 Å². The summed E-state index contributed by atoms with van der Waals surface area (Å²) in [4.78, 5) is 8.76. The third-order valence-corrected chi connectivity index (χ3v) is 4.96. The topological polar surface area (TPSA) is 79.5 Å². The summed E-state index contributed by atoms with van der Waals surface area (Å²) in [6.07, 6.45) is 3.78. The minimum absolute atomic E-state index is 0. The average molecular weight is 506 g/mol. The summed E-state index contributed by atoms with van der Waals surface area (Å²) < 4.78 is 1.91. The number of nitrogens with zero attached hydrogens (tertiary/aromatic N) is 5. The van der Waals surface area contributed by atoms with Crippen LogP contribution in [0.25, 0.3) is 5.65 Å². The largest absolute Gasteiger partial charge is 0.351 e. The Bertz CT molecular complexity index is 890. The van der Waals surface area contributed by atoms with Gasteiger partial charge in [-0.3, -0.25) is 4.99 Å². The monoisotopic (exact) mass is 505 g/mol. The highest BCUT2D eigenvalue weighted by atomic mass is 127. The van der Waals surface area contributed by atoms with E-state index in [1.165, 1.54) is 0 Å². The van der Waals surface area contributed by atoms with Gasteiger partial charge < -0.3 is 15.0 Å². The Hall–Kier alpha value is -1.46. The molecule has 0 saturated carbocycles. The smallest absolute Gasteiger partial charge is 0.191 e. The second-order valence-electron chi connectivity index (χ2n) is 5.81. The van der Waals surface area contributed by atoms with Crippen LogP contribution in [0.4, 0.5) is 0 Å². The van der Waals surface area contributed by atoms with Gasteiger partial charge in [-0.25, -0.2) is 4.98 Å². The van der Waals surface area contributed by atoms with Crippen molar-refractivity contribution in [1.82, 2.24) is 30.2 Å². The fraction of sp³-hybridized carbons (Fsp3) is 0.375. The third-order valence-electron chi connectivity index (χ3n) is 3.51. The van der Waals surface area contributed by atoms with Crippen molar-refractivity contribution in [3.8, 4) is 0 Å². The second-order valence-corrected chi connectivity index (χ2v) is 7.34. The highest BCUT2D eigenvalue weighted by molar-refractivity contribution is 14.0. The molecule has 0 aliphatic carbocycles. The summed E-state index contributed by atoms with van der Waals surface area (Å²) >= 11 is 7.61. The average Bonchev–Trinajstić information content (AvgIpc) is 3.21. The highest BCUT2D eigenvalue weighted by Gasteiger charge is 2.08. The van der Waals surface area contributed by atoms with Gasteiger partial charge in [0, 0.05) is 25.4 Å². The molecule has 2 N–H and O–H groups in total. The molecule has 0 radical (unpaired) electrons. The first kappa shape index (κ1) is 20.8. The zero-order chi connectivity index (χ0) is 17.8. The normalized spacial score (nSPS) is 11.7. The van der Waals surface area contributed by atoms with E-state index >= 15 is 0 Å². The number of pyridine rings is 1. The van der Waals surface area contributed by atoms with Crippen LogP contribution in [0.15, 0.2) is 29.5 Å². The van der Waals surface area contributed by atoms with Crippen molar-refractivity contribution in [1.29, 1.82) is 0 Å². The minimum Gasteiger partial charge on any atom is -0.351 e. The van der Waals surface area contributed by atoms with Gasteiger partial charge in [0.05, 0.1) is 23.8 Å².